The van der Waals surface area contributed by atoms with Crippen molar-refractivity contribution in [2.75, 3.05) is 26.4 Å². The highest BCUT2D eigenvalue weighted by molar-refractivity contribution is 5.99. The van der Waals surface area contributed by atoms with Crippen molar-refractivity contribution < 1.29 is 33.3 Å². The zero-order valence-electron chi connectivity index (χ0n) is 14.3. The van der Waals surface area contributed by atoms with Crippen molar-refractivity contribution in [1.29, 1.82) is 0 Å². The summed E-state index contributed by atoms with van der Waals surface area (Å²) in [6, 6.07) is 3.85. The highest BCUT2D eigenvalue weighted by atomic mass is 16.6. The first kappa shape index (κ1) is 18.5. The lowest BCUT2D eigenvalue weighted by Gasteiger charge is -2.18. The van der Waals surface area contributed by atoms with Gasteiger partial charge in [0.1, 0.15) is 13.2 Å². The minimum Gasteiger partial charge on any atom is -0.486 e. The Labute approximate surface area is 154 Å². The zero-order chi connectivity index (χ0) is 19.2. The van der Waals surface area contributed by atoms with Crippen molar-refractivity contribution in [3.63, 3.8) is 0 Å². The Morgan fingerprint density at radius 2 is 2.11 bits per heavy atom. The van der Waals surface area contributed by atoms with Crippen molar-refractivity contribution in [2.24, 2.45) is 0 Å². The highest BCUT2D eigenvalue weighted by Gasteiger charge is 2.26. The lowest BCUT2D eigenvalue weighted by Crippen LogP contribution is -2.44. The number of hydrogen-bond acceptors (Lipinski definition) is 7. The lowest BCUT2D eigenvalue weighted by atomic mass is 10.1. The summed E-state index contributed by atoms with van der Waals surface area (Å²) in [6.07, 6.45) is 2.60. The van der Waals surface area contributed by atoms with Gasteiger partial charge in [-0.25, -0.2) is 9.78 Å². The van der Waals surface area contributed by atoms with E-state index in [9.17, 15) is 14.7 Å². The molecule has 2 N–H and O–H groups in total. The Balaban J connectivity index is 1.78. The van der Waals surface area contributed by atoms with Crippen LogP contribution in [0.4, 0.5) is 0 Å². The molecule has 0 saturated carbocycles. The second-order valence-corrected chi connectivity index (χ2v) is 5.58. The summed E-state index contributed by atoms with van der Waals surface area (Å²) in [6.45, 7) is 4.33. The Bertz CT molecular complexity index is 846. The molecule has 3 rings (SSSR count). The van der Waals surface area contributed by atoms with Crippen LogP contribution in [0.2, 0.25) is 0 Å². The van der Waals surface area contributed by atoms with E-state index < -0.39 is 17.9 Å². The fourth-order valence-electron chi connectivity index (χ4n) is 2.47. The number of nitrogens with zero attached hydrogens (tertiary/aromatic N) is 1. The van der Waals surface area contributed by atoms with Gasteiger partial charge in [-0.2, -0.15) is 0 Å². The molecule has 1 aromatic carbocycles. The topological polar surface area (TPSA) is 120 Å². The molecule has 0 aliphatic carbocycles. The number of carbonyl (C=O) groups excluding carboxylic acids is 1. The third-order valence-electron chi connectivity index (χ3n) is 3.71. The van der Waals surface area contributed by atoms with Crippen LogP contribution in [0.25, 0.3) is 11.3 Å². The number of benzene rings is 1. The fourth-order valence-corrected chi connectivity index (χ4v) is 2.47. The maximum Gasteiger partial charge on any atom is 0.328 e. The number of carbonyl (C=O) groups is 2. The van der Waals surface area contributed by atoms with Gasteiger partial charge in [0.15, 0.2) is 35.4 Å². The predicted octanol–water partition coefficient (Wildman–Crippen LogP) is 1.50. The SMILES string of the molecule is C=CCOCC(NC(=O)c1ncoc1-c1ccc2c(c1)OCCO2)C(=O)O. The van der Waals surface area contributed by atoms with Crippen LogP contribution < -0.4 is 14.8 Å². The molecule has 0 saturated heterocycles. The van der Waals surface area contributed by atoms with Crippen molar-refractivity contribution in [1.82, 2.24) is 10.3 Å². The monoisotopic (exact) mass is 374 g/mol. The van der Waals surface area contributed by atoms with E-state index in [1.807, 2.05) is 0 Å². The first-order chi connectivity index (χ1) is 13.1. The molecular formula is C18H18N2O7. The van der Waals surface area contributed by atoms with Crippen LogP contribution >= 0.6 is 0 Å². The van der Waals surface area contributed by atoms with E-state index >= 15 is 0 Å². The maximum absolute atomic E-state index is 12.5. The summed E-state index contributed by atoms with van der Waals surface area (Å²) in [5, 5.41) is 11.6. The number of nitrogens with one attached hydrogen (secondary N) is 1. The summed E-state index contributed by atoms with van der Waals surface area (Å²) in [5.41, 5.74) is 0.512. The van der Waals surface area contributed by atoms with Crippen LogP contribution in [-0.4, -0.2) is 54.4 Å². The molecule has 2 aromatic rings. The Kier molecular flexibility index (Phi) is 5.72. The number of aromatic nitrogens is 1. The van der Waals surface area contributed by atoms with Gasteiger partial charge in [0, 0.05) is 5.56 Å². The van der Waals surface area contributed by atoms with E-state index in [-0.39, 0.29) is 24.7 Å². The van der Waals surface area contributed by atoms with Crippen molar-refractivity contribution >= 4 is 11.9 Å². The number of ether oxygens (including phenoxy) is 3. The van der Waals surface area contributed by atoms with Gasteiger partial charge in [0.05, 0.1) is 13.2 Å². The van der Waals surface area contributed by atoms with E-state index in [4.69, 9.17) is 18.6 Å². The van der Waals surface area contributed by atoms with Gasteiger partial charge >= 0.3 is 5.97 Å². The number of amides is 1. The smallest absolute Gasteiger partial charge is 0.328 e. The summed E-state index contributed by atoms with van der Waals surface area (Å²) < 4.78 is 21.4. The molecule has 142 valence electrons. The first-order valence-electron chi connectivity index (χ1n) is 8.16. The molecule has 1 atom stereocenters. The maximum atomic E-state index is 12.5. The van der Waals surface area contributed by atoms with E-state index in [0.717, 1.165) is 6.39 Å². The fraction of sp³-hybridized carbons (Fsp3) is 0.278. The molecule has 1 aliphatic heterocycles. The molecule has 9 heteroatoms. The largest absolute Gasteiger partial charge is 0.486 e. The predicted molar refractivity (Wildman–Crippen MR) is 92.8 cm³/mol. The van der Waals surface area contributed by atoms with E-state index in [1.54, 1.807) is 18.2 Å². The molecule has 1 unspecified atom stereocenters. The molecule has 9 nitrogen and oxygen atoms in total. The molecule has 1 aliphatic rings. The summed E-state index contributed by atoms with van der Waals surface area (Å²) >= 11 is 0. The second-order valence-electron chi connectivity index (χ2n) is 5.58. The van der Waals surface area contributed by atoms with Gasteiger partial charge in [-0.15, -0.1) is 6.58 Å². The molecule has 27 heavy (non-hydrogen) atoms. The van der Waals surface area contributed by atoms with Gasteiger partial charge in [0.2, 0.25) is 0 Å². The molecule has 2 heterocycles. The highest BCUT2D eigenvalue weighted by Crippen LogP contribution is 2.35. The number of hydrogen-bond donors (Lipinski definition) is 2. The molecule has 1 aromatic heterocycles. The standard InChI is InChI=1S/C18H18N2O7/c1-2-5-24-9-12(18(22)23)20-17(21)15-16(27-10-19-15)11-3-4-13-14(8-11)26-7-6-25-13/h2-4,8,10,12H,1,5-7,9H2,(H,20,21)(H,22,23). The second kappa shape index (κ2) is 8.37. The molecule has 0 bridgehead atoms. The zero-order valence-corrected chi connectivity index (χ0v) is 14.3. The quantitative estimate of drug-likeness (QED) is 0.527. The third-order valence-corrected chi connectivity index (χ3v) is 3.71. The average Bonchev–Trinajstić information content (AvgIpc) is 3.16. The minimum atomic E-state index is -1.23. The number of rotatable bonds is 8. The van der Waals surface area contributed by atoms with Crippen molar-refractivity contribution in [3.05, 3.63) is 42.9 Å². The summed E-state index contributed by atoms with van der Waals surface area (Å²) in [5.74, 6) is -0.593. The molecule has 1 amide bonds. The number of fused-ring (bicyclic) bond motifs is 1. The van der Waals surface area contributed by atoms with Crippen LogP contribution in [0.3, 0.4) is 0 Å². The molecule has 0 spiro atoms. The van der Waals surface area contributed by atoms with Crippen molar-refractivity contribution in [3.8, 4) is 22.8 Å². The molecular weight excluding hydrogens is 356 g/mol. The third kappa shape index (κ3) is 4.26. The number of carboxylic acid groups (broad SMARTS) is 1. The van der Waals surface area contributed by atoms with Crippen molar-refractivity contribution in [2.45, 2.75) is 6.04 Å². The van der Waals surface area contributed by atoms with E-state index in [0.29, 0.717) is 30.3 Å². The van der Waals surface area contributed by atoms with Crippen LogP contribution in [-0.2, 0) is 9.53 Å². The van der Waals surface area contributed by atoms with Gasteiger partial charge in [-0.1, -0.05) is 6.08 Å². The van der Waals surface area contributed by atoms with Gasteiger partial charge < -0.3 is 29.1 Å². The Hall–Kier alpha value is -3.33. The lowest BCUT2D eigenvalue weighted by molar-refractivity contribution is -0.140. The normalized spacial score (nSPS) is 13.6. The number of aliphatic carboxylic acids is 1. The summed E-state index contributed by atoms with van der Waals surface area (Å²) in [4.78, 5) is 27.7. The number of oxazole rings is 1. The van der Waals surface area contributed by atoms with E-state index in [2.05, 4.69) is 16.9 Å². The minimum absolute atomic E-state index is 0.0401. The molecule has 0 fully saturated rings. The van der Waals surface area contributed by atoms with Gasteiger partial charge in [-0.3, -0.25) is 4.79 Å². The average molecular weight is 374 g/mol. The van der Waals surface area contributed by atoms with Gasteiger partial charge in [-0.05, 0) is 18.2 Å². The molecule has 0 radical (unpaired) electrons. The van der Waals surface area contributed by atoms with Crippen LogP contribution in [0, 0.1) is 0 Å². The summed E-state index contributed by atoms with van der Waals surface area (Å²) in [7, 11) is 0. The van der Waals surface area contributed by atoms with Gasteiger partial charge in [0.25, 0.3) is 5.91 Å². The Morgan fingerprint density at radius 1 is 1.33 bits per heavy atom. The van der Waals surface area contributed by atoms with Crippen LogP contribution in [0.15, 0.2) is 41.7 Å². The van der Waals surface area contributed by atoms with Crippen LogP contribution in [0.1, 0.15) is 10.5 Å². The Morgan fingerprint density at radius 3 is 2.85 bits per heavy atom. The number of carboxylic acids is 1. The van der Waals surface area contributed by atoms with E-state index in [1.165, 1.54) is 6.08 Å². The van der Waals surface area contributed by atoms with Crippen LogP contribution in [0.5, 0.6) is 11.5 Å². The first-order valence-corrected chi connectivity index (χ1v) is 8.16.